The van der Waals surface area contributed by atoms with Crippen LogP contribution in [0.25, 0.3) is 0 Å². The lowest BCUT2D eigenvalue weighted by atomic mass is 9.97. The van der Waals surface area contributed by atoms with Gasteiger partial charge in [0.2, 0.25) is 0 Å². The molecule has 0 spiro atoms. The summed E-state index contributed by atoms with van der Waals surface area (Å²) in [5.41, 5.74) is 0. The molecule has 0 radical (unpaired) electrons. The zero-order valence-corrected chi connectivity index (χ0v) is 8.69. The summed E-state index contributed by atoms with van der Waals surface area (Å²) in [6, 6.07) is 0.729. The van der Waals surface area contributed by atoms with Crippen molar-refractivity contribution in [2.45, 2.75) is 51.0 Å². The second-order valence-electron chi connectivity index (χ2n) is 4.84. The molecule has 3 nitrogen and oxygen atoms in total. The van der Waals surface area contributed by atoms with E-state index in [0.717, 1.165) is 12.0 Å². The summed E-state index contributed by atoms with van der Waals surface area (Å²) < 4.78 is 2.33. The maximum absolute atomic E-state index is 4.32. The Balaban J connectivity index is 1.90. The van der Waals surface area contributed by atoms with E-state index in [2.05, 4.69) is 21.7 Å². The van der Waals surface area contributed by atoms with E-state index in [0.29, 0.717) is 5.92 Å². The molecule has 0 bridgehead atoms. The molecule has 0 aromatic carbocycles. The predicted molar refractivity (Wildman–Crippen MR) is 54.0 cm³/mol. The fourth-order valence-corrected chi connectivity index (χ4v) is 2.68. The van der Waals surface area contributed by atoms with Crippen molar-refractivity contribution in [3.63, 3.8) is 0 Å². The molecule has 0 N–H and O–H groups in total. The summed E-state index contributed by atoms with van der Waals surface area (Å²) in [5, 5.41) is 8.40. The fourth-order valence-electron chi connectivity index (χ4n) is 2.68. The molecule has 2 saturated carbocycles. The molecule has 1 aromatic rings. The van der Waals surface area contributed by atoms with Gasteiger partial charge in [-0.25, -0.2) is 0 Å². The van der Waals surface area contributed by atoms with Gasteiger partial charge in [-0.05, 0) is 31.6 Å². The predicted octanol–water partition coefficient (Wildman–Crippen LogP) is 2.52. The van der Waals surface area contributed by atoms with Crippen molar-refractivity contribution in [1.29, 1.82) is 0 Å². The van der Waals surface area contributed by atoms with Gasteiger partial charge in [0.15, 0.2) is 0 Å². The van der Waals surface area contributed by atoms with Gasteiger partial charge < -0.3 is 4.57 Å². The largest absolute Gasteiger partial charge is 0.314 e. The summed E-state index contributed by atoms with van der Waals surface area (Å²) in [6.45, 7) is 2.35. The van der Waals surface area contributed by atoms with Crippen LogP contribution in [0, 0.1) is 5.92 Å². The van der Waals surface area contributed by atoms with E-state index in [1.54, 1.807) is 0 Å². The molecule has 0 amide bonds. The standard InChI is InChI=1S/C11H17N3/c1-8-3-2-4-10(8)11-13-12-7-14(11)9-5-6-9/h7-10H,2-6H2,1H3. The van der Waals surface area contributed by atoms with Crippen LogP contribution in [0.2, 0.25) is 0 Å². The lowest BCUT2D eigenvalue weighted by molar-refractivity contribution is 0.484. The number of aromatic nitrogens is 3. The molecule has 3 rings (SSSR count). The molecule has 76 valence electrons. The van der Waals surface area contributed by atoms with Crippen molar-refractivity contribution < 1.29 is 0 Å². The van der Waals surface area contributed by atoms with Crippen LogP contribution in [0.5, 0.6) is 0 Å². The molecule has 3 heteroatoms. The zero-order valence-electron chi connectivity index (χ0n) is 8.69. The lowest BCUT2D eigenvalue weighted by Gasteiger charge is -2.15. The Labute approximate surface area is 84.5 Å². The maximum atomic E-state index is 4.32. The van der Waals surface area contributed by atoms with Gasteiger partial charge >= 0.3 is 0 Å². The average molecular weight is 191 g/mol. The van der Waals surface area contributed by atoms with Gasteiger partial charge in [0.1, 0.15) is 12.2 Å². The highest BCUT2D eigenvalue weighted by Crippen LogP contribution is 2.42. The molecular formula is C11H17N3. The Morgan fingerprint density at radius 2 is 2.14 bits per heavy atom. The second-order valence-corrected chi connectivity index (χ2v) is 4.84. The Bertz CT molecular complexity index is 327. The van der Waals surface area contributed by atoms with Crippen LogP contribution in [0.4, 0.5) is 0 Å². The monoisotopic (exact) mass is 191 g/mol. The van der Waals surface area contributed by atoms with Gasteiger partial charge in [-0.15, -0.1) is 10.2 Å². The van der Waals surface area contributed by atoms with Crippen LogP contribution in [0.3, 0.4) is 0 Å². The summed E-state index contributed by atoms with van der Waals surface area (Å²) >= 11 is 0. The van der Waals surface area contributed by atoms with Gasteiger partial charge in [0.25, 0.3) is 0 Å². The molecule has 0 aliphatic heterocycles. The van der Waals surface area contributed by atoms with Crippen LogP contribution in [-0.2, 0) is 0 Å². The third-order valence-electron chi connectivity index (χ3n) is 3.73. The molecule has 2 aliphatic rings. The maximum Gasteiger partial charge on any atom is 0.136 e. The van der Waals surface area contributed by atoms with E-state index >= 15 is 0 Å². The summed E-state index contributed by atoms with van der Waals surface area (Å²) in [5.74, 6) is 2.74. The smallest absolute Gasteiger partial charge is 0.136 e. The van der Waals surface area contributed by atoms with Crippen LogP contribution in [0.1, 0.15) is 56.8 Å². The van der Waals surface area contributed by atoms with Gasteiger partial charge in [0, 0.05) is 12.0 Å². The van der Waals surface area contributed by atoms with E-state index in [1.165, 1.54) is 37.9 Å². The minimum absolute atomic E-state index is 0.679. The number of nitrogens with zero attached hydrogens (tertiary/aromatic N) is 3. The molecule has 2 aliphatic carbocycles. The van der Waals surface area contributed by atoms with E-state index in [1.807, 2.05) is 6.33 Å². The third kappa shape index (κ3) is 1.26. The Kier molecular flexibility index (Phi) is 1.85. The number of rotatable bonds is 2. The van der Waals surface area contributed by atoms with Gasteiger partial charge in [-0.1, -0.05) is 13.3 Å². The van der Waals surface area contributed by atoms with Crippen LogP contribution < -0.4 is 0 Å². The highest BCUT2D eigenvalue weighted by atomic mass is 15.3. The average Bonchev–Trinajstić information content (AvgIpc) is 2.75. The molecule has 0 saturated heterocycles. The zero-order chi connectivity index (χ0) is 9.54. The van der Waals surface area contributed by atoms with Gasteiger partial charge in [-0.3, -0.25) is 0 Å². The molecular weight excluding hydrogens is 174 g/mol. The van der Waals surface area contributed by atoms with E-state index in [-0.39, 0.29) is 0 Å². The summed E-state index contributed by atoms with van der Waals surface area (Å²) in [7, 11) is 0. The normalized spacial score (nSPS) is 32.4. The summed E-state index contributed by atoms with van der Waals surface area (Å²) in [4.78, 5) is 0. The minimum atomic E-state index is 0.679. The topological polar surface area (TPSA) is 30.7 Å². The van der Waals surface area contributed by atoms with Gasteiger partial charge in [0.05, 0.1) is 0 Å². The Morgan fingerprint density at radius 3 is 2.79 bits per heavy atom. The van der Waals surface area contributed by atoms with E-state index < -0.39 is 0 Å². The first-order valence-electron chi connectivity index (χ1n) is 5.75. The van der Waals surface area contributed by atoms with Crippen LogP contribution in [-0.4, -0.2) is 14.8 Å². The van der Waals surface area contributed by atoms with Crippen LogP contribution in [0.15, 0.2) is 6.33 Å². The van der Waals surface area contributed by atoms with Crippen molar-refractivity contribution >= 4 is 0 Å². The molecule has 2 atom stereocenters. The highest BCUT2D eigenvalue weighted by molar-refractivity contribution is 5.05. The quantitative estimate of drug-likeness (QED) is 0.719. The number of hydrogen-bond acceptors (Lipinski definition) is 2. The molecule has 1 aromatic heterocycles. The third-order valence-corrected chi connectivity index (χ3v) is 3.73. The second kappa shape index (κ2) is 3.07. The Morgan fingerprint density at radius 1 is 1.29 bits per heavy atom. The first kappa shape index (κ1) is 8.45. The first-order chi connectivity index (χ1) is 6.86. The first-order valence-corrected chi connectivity index (χ1v) is 5.75. The lowest BCUT2D eigenvalue weighted by Crippen LogP contribution is -2.10. The van der Waals surface area contributed by atoms with Gasteiger partial charge in [-0.2, -0.15) is 0 Å². The Hall–Kier alpha value is -0.860. The van der Waals surface area contributed by atoms with Crippen molar-refractivity contribution in [3.8, 4) is 0 Å². The van der Waals surface area contributed by atoms with Crippen molar-refractivity contribution in [2.24, 2.45) is 5.92 Å². The number of hydrogen-bond donors (Lipinski definition) is 0. The van der Waals surface area contributed by atoms with E-state index in [9.17, 15) is 0 Å². The molecule has 2 fully saturated rings. The molecule has 2 unspecified atom stereocenters. The summed E-state index contributed by atoms with van der Waals surface area (Å²) in [6.07, 6.45) is 8.62. The fraction of sp³-hybridized carbons (Fsp3) is 0.818. The minimum Gasteiger partial charge on any atom is -0.314 e. The van der Waals surface area contributed by atoms with E-state index in [4.69, 9.17) is 0 Å². The highest BCUT2D eigenvalue weighted by Gasteiger charge is 2.33. The van der Waals surface area contributed by atoms with Crippen molar-refractivity contribution in [2.75, 3.05) is 0 Å². The van der Waals surface area contributed by atoms with Crippen LogP contribution >= 0.6 is 0 Å². The van der Waals surface area contributed by atoms with Crippen molar-refractivity contribution in [3.05, 3.63) is 12.2 Å². The SMILES string of the molecule is CC1CCCC1c1nncn1C1CC1. The molecule has 1 heterocycles. The van der Waals surface area contributed by atoms with Crippen molar-refractivity contribution in [1.82, 2.24) is 14.8 Å². The molecule has 14 heavy (non-hydrogen) atoms.